The van der Waals surface area contributed by atoms with Gasteiger partial charge in [-0.1, -0.05) is 18.2 Å². The monoisotopic (exact) mass is 246 g/mol. The number of carbonyl (C=O) groups excluding carboxylic acids is 1. The van der Waals surface area contributed by atoms with Crippen molar-refractivity contribution in [2.45, 2.75) is 26.7 Å². The Bertz CT molecular complexity index is 440. The zero-order valence-corrected chi connectivity index (χ0v) is 11.5. The summed E-state index contributed by atoms with van der Waals surface area (Å²) in [5.74, 6) is 0.212. The maximum absolute atomic E-state index is 12.7. The Labute approximate surface area is 109 Å². The summed E-state index contributed by atoms with van der Waals surface area (Å²) in [6, 6.07) is 8.24. The lowest BCUT2D eigenvalue weighted by atomic mass is 9.89. The van der Waals surface area contributed by atoms with Crippen LogP contribution in [0.1, 0.15) is 25.8 Å². The zero-order chi connectivity index (χ0) is 13.2. The first kappa shape index (κ1) is 13.1. The predicted octanol–water partition coefficient (Wildman–Crippen LogP) is 2.21. The molecule has 1 amide bonds. The quantitative estimate of drug-likeness (QED) is 0.887. The van der Waals surface area contributed by atoms with Gasteiger partial charge in [0, 0.05) is 18.8 Å². The number of benzene rings is 1. The minimum absolute atomic E-state index is 0.212. The minimum atomic E-state index is -0.362. The maximum Gasteiger partial charge on any atom is 0.233 e. The van der Waals surface area contributed by atoms with Crippen molar-refractivity contribution >= 4 is 11.6 Å². The Morgan fingerprint density at radius 2 is 2.11 bits per heavy atom. The van der Waals surface area contributed by atoms with Crippen molar-refractivity contribution in [2.75, 3.05) is 25.0 Å². The van der Waals surface area contributed by atoms with Crippen LogP contribution in [0.5, 0.6) is 0 Å². The summed E-state index contributed by atoms with van der Waals surface area (Å²) in [5.41, 5.74) is 2.02. The van der Waals surface area contributed by atoms with Crippen LogP contribution >= 0.6 is 0 Å². The highest BCUT2D eigenvalue weighted by Crippen LogP contribution is 2.30. The van der Waals surface area contributed by atoms with Crippen LogP contribution in [0, 0.1) is 5.41 Å². The smallest absolute Gasteiger partial charge is 0.233 e. The molecule has 1 aliphatic rings. The third-order valence-corrected chi connectivity index (χ3v) is 3.55. The van der Waals surface area contributed by atoms with Gasteiger partial charge in [-0.3, -0.25) is 4.79 Å². The fourth-order valence-corrected chi connectivity index (χ4v) is 2.63. The molecule has 0 saturated heterocycles. The van der Waals surface area contributed by atoms with E-state index in [1.54, 1.807) is 0 Å². The highest BCUT2D eigenvalue weighted by Gasteiger charge is 2.33. The van der Waals surface area contributed by atoms with E-state index in [2.05, 4.69) is 17.4 Å². The molecule has 98 valence electrons. The van der Waals surface area contributed by atoms with Gasteiger partial charge in [-0.2, -0.15) is 0 Å². The average Bonchev–Trinajstić information content (AvgIpc) is 2.37. The molecule has 1 N–H and O–H groups in total. The van der Waals surface area contributed by atoms with Crippen LogP contribution in [0.2, 0.25) is 0 Å². The number of carbonyl (C=O) groups is 1. The van der Waals surface area contributed by atoms with Crippen molar-refractivity contribution in [3.63, 3.8) is 0 Å². The molecule has 0 saturated carbocycles. The molecule has 0 aliphatic carbocycles. The lowest BCUT2D eigenvalue weighted by molar-refractivity contribution is -0.126. The van der Waals surface area contributed by atoms with E-state index in [1.165, 1.54) is 5.56 Å². The molecule has 3 nitrogen and oxygen atoms in total. The molecule has 0 unspecified atom stereocenters. The molecule has 18 heavy (non-hydrogen) atoms. The normalized spacial score (nSPS) is 15.4. The van der Waals surface area contributed by atoms with Gasteiger partial charge in [0.1, 0.15) is 0 Å². The maximum atomic E-state index is 12.7. The van der Waals surface area contributed by atoms with Crippen molar-refractivity contribution in [3.05, 3.63) is 29.8 Å². The van der Waals surface area contributed by atoms with Crippen molar-refractivity contribution in [3.8, 4) is 0 Å². The summed E-state index contributed by atoms with van der Waals surface area (Å²) in [6.07, 6.45) is 2.13. The van der Waals surface area contributed by atoms with Gasteiger partial charge in [-0.05, 0) is 45.4 Å². The van der Waals surface area contributed by atoms with Crippen molar-refractivity contribution in [2.24, 2.45) is 5.41 Å². The van der Waals surface area contributed by atoms with Gasteiger partial charge in [-0.15, -0.1) is 0 Å². The molecule has 0 radical (unpaired) electrons. The fraction of sp³-hybridized carbons (Fsp3) is 0.533. The number of para-hydroxylation sites is 1. The number of nitrogens with zero attached hydrogens (tertiary/aromatic N) is 1. The predicted molar refractivity (Wildman–Crippen MR) is 74.8 cm³/mol. The van der Waals surface area contributed by atoms with Gasteiger partial charge in [-0.25, -0.2) is 0 Å². The van der Waals surface area contributed by atoms with Gasteiger partial charge < -0.3 is 10.2 Å². The highest BCUT2D eigenvalue weighted by atomic mass is 16.2. The lowest BCUT2D eigenvalue weighted by Crippen LogP contribution is -2.47. The van der Waals surface area contributed by atoms with E-state index < -0.39 is 0 Å². The number of hydrogen-bond acceptors (Lipinski definition) is 2. The third-order valence-electron chi connectivity index (χ3n) is 3.55. The number of anilines is 1. The second kappa shape index (κ2) is 5.11. The van der Waals surface area contributed by atoms with E-state index in [0.29, 0.717) is 6.54 Å². The van der Waals surface area contributed by atoms with E-state index in [0.717, 1.165) is 25.1 Å². The van der Waals surface area contributed by atoms with Crippen LogP contribution in [0.4, 0.5) is 5.69 Å². The standard InChI is InChI=1S/C15H22N2O/c1-15(2,11-16-3)14(18)17-10-6-8-12-7-4-5-9-13(12)17/h4-5,7,9,16H,6,8,10-11H2,1-3H3. The van der Waals surface area contributed by atoms with Crippen molar-refractivity contribution in [1.82, 2.24) is 5.32 Å². The summed E-state index contributed by atoms with van der Waals surface area (Å²) in [5, 5.41) is 3.10. The van der Waals surface area contributed by atoms with Gasteiger partial charge in [0.15, 0.2) is 0 Å². The Kier molecular flexibility index (Phi) is 3.71. The van der Waals surface area contributed by atoms with E-state index in [1.807, 2.05) is 37.9 Å². The molecule has 0 aromatic heterocycles. The van der Waals surface area contributed by atoms with Gasteiger partial charge >= 0.3 is 0 Å². The van der Waals surface area contributed by atoms with Crippen LogP contribution in [0.15, 0.2) is 24.3 Å². The minimum Gasteiger partial charge on any atom is -0.319 e. The molecule has 0 spiro atoms. The molecule has 0 atom stereocenters. The van der Waals surface area contributed by atoms with E-state index in [9.17, 15) is 4.79 Å². The Balaban J connectivity index is 2.28. The number of hydrogen-bond donors (Lipinski definition) is 1. The van der Waals surface area contributed by atoms with E-state index in [4.69, 9.17) is 0 Å². The number of nitrogens with one attached hydrogen (secondary N) is 1. The highest BCUT2D eigenvalue weighted by molar-refractivity contribution is 5.98. The summed E-state index contributed by atoms with van der Waals surface area (Å²) in [7, 11) is 1.89. The molecular formula is C15H22N2O. The molecule has 1 heterocycles. The summed E-state index contributed by atoms with van der Waals surface area (Å²) < 4.78 is 0. The molecule has 1 aliphatic heterocycles. The first-order valence-electron chi connectivity index (χ1n) is 6.61. The zero-order valence-electron chi connectivity index (χ0n) is 11.5. The number of fused-ring (bicyclic) bond motifs is 1. The van der Waals surface area contributed by atoms with Crippen LogP contribution in [0.3, 0.4) is 0 Å². The second-order valence-electron chi connectivity index (χ2n) is 5.60. The van der Waals surface area contributed by atoms with E-state index >= 15 is 0 Å². The van der Waals surface area contributed by atoms with Gasteiger partial charge in [0.25, 0.3) is 0 Å². The van der Waals surface area contributed by atoms with Crippen LogP contribution in [-0.2, 0) is 11.2 Å². The Morgan fingerprint density at radius 1 is 1.39 bits per heavy atom. The first-order valence-corrected chi connectivity index (χ1v) is 6.61. The number of aryl methyl sites for hydroxylation is 1. The molecular weight excluding hydrogens is 224 g/mol. The number of rotatable bonds is 3. The summed E-state index contributed by atoms with van der Waals surface area (Å²) >= 11 is 0. The summed E-state index contributed by atoms with van der Waals surface area (Å²) in [6.45, 7) is 5.54. The van der Waals surface area contributed by atoms with Crippen LogP contribution in [-0.4, -0.2) is 26.0 Å². The Hall–Kier alpha value is -1.35. The molecule has 3 heteroatoms. The van der Waals surface area contributed by atoms with Crippen molar-refractivity contribution in [1.29, 1.82) is 0 Å². The van der Waals surface area contributed by atoms with Crippen LogP contribution < -0.4 is 10.2 Å². The summed E-state index contributed by atoms with van der Waals surface area (Å²) in [4.78, 5) is 14.6. The van der Waals surface area contributed by atoms with Gasteiger partial charge in [0.05, 0.1) is 5.41 Å². The third kappa shape index (κ3) is 2.41. The topological polar surface area (TPSA) is 32.3 Å². The largest absolute Gasteiger partial charge is 0.319 e. The van der Waals surface area contributed by atoms with Crippen molar-refractivity contribution < 1.29 is 4.79 Å². The number of amides is 1. The van der Waals surface area contributed by atoms with Gasteiger partial charge in [0.2, 0.25) is 5.91 Å². The molecule has 0 fully saturated rings. The van der Waals surface area contributed by atoms with Crippen LogP contribution in [0.25, 0.3) is 0 Å². The molecule has 1 aromatic rings. The lowest BCUT2D eigenvalue weighted by Gasteiger charge is -2.35. The average molecular weight is 246 g/mol. The Morgan fingerprint density at radius 3 is 2.83 bits per heavy atom. The fourth-order valence-electron chi connectivity index (χ4n) is 2.63. The second-order valence-corrected chi connectivity index (χ2v) is 5.60. The molecule has 0 bridgehead atoms. The van der Waals surface area contributed by atoms with E-state index in [-0.39, 0.29) is 11.3 Å². The molecule has 1 aromatic carbocycles. The SMILES string of the molecule is CNCC(C)(C)C(=O)N1CCCc2ccccc21. The first-order chi connectivity index (χ1) is 8.56. The molecule has 2 rings (SSSR count).